The monoisotopic (exact) mass is 1410 g/mol. The van der Waals surface area contributed by atoms with Gasteiger partial charge in [-0.15, -0.1) is 0 Å². The summed E-state index contributed by atoms with van der Waals surface area (Å²) < 4.78 is 15.1. The summed E-state index contributed by atoms with van der Waals surface area (Å²) in [6.45, 7) is 20.7. The number of nitriles is 2. The first-order valence-electron chi connectivity index (χ1n) is 30.7. The number of alkyl halides is 1. The Bertz CT molecular complexity index is 3880. The molecule has 0 aliphatic carbocycles. The molecular weight excluding hydrogens is 1330 g/mol. The van der Waals surface area contributed by atoms with Gasteiger partial charge in [-0.3, -0.25) is 0 Å². The highest BCUT2D eigenvalue weighted by Gasteiger charge is 2.16. The lowest BCUT2D eigenvalue weighted by molar-refractivity contribution is -0.139. The number of anilines is 3. The number of benzene rings is 7. The van der Waals surface area contributed by atoms with Gasteiger partial charge < -0.3 is 60.0 Å². The number of esters is 3. The van der Waals surface area contributed by atoms with E-state index in [1.807, 2.05) is 115 Å². The Balaban J connectivity index is 0.000000358. The summed E-state index contributed by atoms with van der Waals surface area (Å²) in [5.41, 5.74) is 11.1. The van der Waals surface area contributed by atoms with Crippen LogP contribution in [0.2, 0.25) is 0 Å². The molecule has 0 fully saturated rings. The molecule has 3 atom stereocenters. The van der Waals surface area contributed by atoms with E-state index in [9.17, 15) is 29.7 Å². The van der Waals surface area contributed by atoms with Crippen molar-refractivity contribution in [3.63, 3.8) is 0 Å². The number of carbonyl (C=O) groups is 3. The lowest BCUT2D eigenvalue weighted by Crippen LogP contribution is -2.37. The van der Waals surface area contributed by atoms with E-state index >= 15 is 0 Å². The fourth-order valence-electron chi connectivity index (χ4n) is 7.63. The number of hydrogen-bond acceptors (Lipinski definition) is 24. The van der Waals surface area contributed by atoms with Gasteiger partial charge in [-0.1, -0.05) is 72.1 Å². The van der Waals surface area contributed by atoms with Crippen molar-refractivity contribution in [1.82, 2.24) is 0 Å². The second-order valence-electron chi connectivity index (χ2n) is 21.4. The number of aryl methyl sites for hydroxylation is 2. The van der Waals surface area contributed by atoms with Crippen LogP contribution in [0.15, 0.2) is 237 Å². The van der Waals surface area contributed by atoms with Gasteiger partial charge in [0.2, 0.25) is 5.39 Å². The van der Waals surface area contributed by atoms with Gasteiger partial charge in [0.1, 0.15) is 19.8 Å². The van der Waals surface area contributed by atoms with Crippen LogP contribution in [-0.4, -0.2) is 145 Å². The predicted octanol–water partition coefficient (Wildman–Crippen LogP) is 13.7. The van der Waals surface area contributed by atoms with Crippen molar-refractivity contribution < 1.29 is 59.2 Å². The molecule has 7 aromatic carbocycles. The van der Waals surface area contributed by atoms with Gasteiger partial charge in [-0.05, 0) is 168 Å². The molecular formula is C73H83BrN13O12+. The number of rotatable bonds is 29. The molecule has 0 bridgehead atoms. The Hall–Kier alpha value is -11.0. The number of nitrogens with zero attached hydrogens (tertiary/aromatic N) is 12. The van der Waals surface area contributed by atoms with Gasteiger partial charge in [0, 0.05) is 70.4 Å². The van der Waals surface area contributed by atoms with Crippen LogP contribution in [-0.2, 0) is 28.6 Å². The smallest absolute Gasteiger partial charge is 0.388 e. The second-order valence-corrected chi connectivity index (χ2v) is 22.1. The van der Waals surface area contributed by atoms with Crippen LogP contribution in [0, 0.1) is 41.9 Å². The first-order chi connectivity index (χ1) is 47.6. The highest BCUT2D eigenvalue weighted by Crippen LogP contribution is 2.29. The van der Waals surface area contributed by atoms with Crippen molar-refractivity contribution in [3.8, 4) is 12.1 Å². The Labute approximate surface area is 585 Å². The quantitative estimate of drug-likeness (QED) is 0.00435. The van der Waals surface area contributed by atoms with Crippen LogP contribution in [0.5, 0.6) is 0 Å². The standard InChI is InChI=1S/C29H30N6O4.C15H21NO4.C14H10N5.C12H15NO2.C3H7BrO2/c1-20(2)29(38)39-15-14-35(18-27(37)19-36)26-11-8-24(9-12-26)32-34-28-13-10-25(16-21(28)3)33-31-23-6-4-22(17-30)5-7-23;1-12(2)15(19)20-9-8-16(10-14(18)11-17)13-6-4-3-5-7-13;1-10-8-13(6-7-14(10)17-16)19-18-12-4-2-11(9-15)3-5-12;1-10(2)12(14)15-9-8-13-11-6-4-3-5-7-11;4-1-3(6)2-5/h4-13,16,27,36-37H,1,14-15,18-19H2,2-3H3;3-7,14,17-18H,1,8-11H2,2H3;2-8H,1H3;3-7,13H,1,8-9H2,2H3;3,5-6H,1-2H2/q;;+1;;. The molecule has 25 nitrogen and oxygen atoms in total. The number of diazo groups is 1. The molecule has 0 aliphatic heterocycles. The number of carbonyl (C=O) groups excluding carboxylic acids is 3. The topological polar surface area (TPSA) is 369 Å². The maximum Gasteiger partial charge on any atom is 0.388 e. The molecule has 518 valence electrons. The van der Waals surface area contributed by atoms with Crippen LogP contribution < -0.4 is 15.1 Å². The zero-order valence-electron chi connectivity index (χ0n) is 55.9. The van der Waals surface area contributed by atoms with E-state index in [4.69, 9.17) is 45.4 Å². The number of hydrogen-bond donors (Lipinski definition) is 7. The highest BCUT2D eigenvalue weighted by atomic mass is 79.9. The zero-order chi connectivity index (χ0) is 72.9. The first-order valence-corrected chi connectivity index (χ1v) is 31.9. The molecule has 0 spiro atoms. The number of halogens is 1. The largest absolute Gasteiger partial charge is 0.460 e. The number of aliphatic hydroxyl groups is 6. The molecule has 0 saturated carbocycles. The average Bonchev–Trinajstić information content (AvgIpc) is 1.14. The molecule has 26 heteroatoms. The molecule has 0 radical (unpaired) electrons. The predicted molar refractivity (Wildman–Crippen MR) is 385 cm³/mol. The summed E-state index contributed by atoms with van der Waals surface area (Å²) in [6.07, 6.45) is -2.38. The highest BCUT2D eigenvalue weighted by molar-refractivity contribution is 9.09. The van der Waals surface area contributed by atoms with Crippen molar-refractivity contribution in [1.29, 1.82) is 15.9 Å². The number of para-hydroxylation sites is 2. The summed E-state index contributed by atoms with van der Waals surface area (Å²) in [7, 11) is 0. The van der Waals surface area contributed by atoms with Gasteiger partial charge in [-0.25, -0.2) is 14.4 Å². The average molecular weight is 1410 g/mol. The Morgan fingerprint density at radius 2 is 0.889 bits per heavy atom. The van der Waals surface area contributed by atoms with Crippen LogP contribution in [0.3, 0.4) is 0 Å². The number of nitrogens with one attached hydrogen (secondary N) is 1. The van der Waals surface area contributed by atoms with E-state index in [-0.39, 0.29) is 52.1 Å². The first kappa shape index (κ1) is 82.2. The molecule has 0 saturated heterocycles. The van der Waals surface area contributed by atoms with E-state index in [0.29, 0.717) is 99.2 Å². The minimum Gasteiger partial charge on any atom is -0.460 e. The number of ether oxygens (including phenoxy) is 3. The summed E-state index contributed by atoms with van der Waals surface area (Å²) in [5, 5.41) is 109. The van der Waals surface area contributed by atoms with Crippen molar-refractivity contribution in [2.24, 2.45) is 30.7 Å². The molecule has 7 N–H and O–H groups in total. The van der Waals surface area contributed by atoms with Gasteiger partial charge in [0.15, 0.2) is 4.98 Å². The van der Waals surface area contributed by atoms with Crippen molar-refractivity contribution in [2.75, 3.05) is 92.8 Å². The van der Waals surface area contributed by atoms with Gasteiger partial charge in [0.25, 0.3) is 0 Å². The molecule has 7 rings (SSSR count). The molecule has 99 heavy (non-hydrogen) atoms. The Kier molecular flexibility index (Phi) is 39.1. The Morgan fingerprint density at radius 3 is 1.27 bits per heavy atom. The van der Waals surface area contributed by atoms with Gasteiger partial charge >= 0.3 is 23.6 Å². The number of azo groups is 3. The van der Waals surface area contributed by atoms with E-state index in [2.05, 4.69) is 82.7 Å². The van der Waals surface area contributed by atoms with Crippen molar-refractivity contribution in [2.45, 2.75) is 52.9 Å². The van der Waals surface area contributed by atoms with Crippen LogP contribution in [0.4, 0.5) is 56.9 Å². The Morgan fingerprint density at radius 1 is 0.515 bits per heavy atom. The van der Waals surface area contributed by atoms with Crippen LogP contribution >= 0.6 is 15.9 Å². The summed E-state index contributed by atoms with van der Waals surface area (Å²) >= 11 is 2.96. The van der Waals surface area contributed by atoms with Crippen LogP contribution in [0.25, 0.3) is 4.98 Å². The molecule has 0 heterocycles. The summed E-state index contributed by atoms with van der Waals surface area (Å²) in [6, 6.07) is 54.8. The fraction of sp³-hybridized carbons (Fsp3) is 0.274. The van der Waals surface area contributed by atoms with Crippen LogP contribution in [0.1, 0.15) is 43.0 Å². The van der Waals surface area contributed by atoms with Gasteiger partial charge in [-0.2, -0.15) is 41.2 Å². The molecule has 7 aromatic rings. The van der Waals surface area contributed by atoms with E-state index < -0.39 is 30.3 Å². The van der Waals surface area contributed by atoms with Crippen molar-refractivity contribution >= 4 is 90.7 Å². The van der Waals surface area contributed by atoms with E-state index in [1.54, 1.807) is 106 Å². The minimum absolute atomic E-state index is 0.105. The van der Waals surface area contributed by atoms with Gasteiger partial charge in [0.05, 0.1) is 109 Å². The van der Waals surface area contributed by atoms with E-state index in [1.165, 1.54) is 0 Å². The summed E-state index contributed by atoms with van der Waals surface area (Å²) in [4.78, 5) is 40.8. The molecule has 0 aliphatic rings. The maximum absolute atomic E-state index is 11.7. The SMILES string of the molecule is C=C(C)C(=O)OCCN(CC(O)CO)c1ccc(N=Nc2ccc(N=Nc3ccc(C#N)cc3)cc2C)cc1.C=C(C)C(=O)OCCN(CC(O)CO)c1ccccc1.C=C(C)C(=O)OCCNc1ccccc1.Cc1cc(N=Nc2ccc(C#N)cc2)ccc1[N+]#N.OCC(O)CBr. The molecule has 3 unspecified atom stereocenters. The minimum atomic E-state index is -0.948. The third-order valence-electron chi connectivity index (χ3n) is 13.0. The third kappa shape index (κ3) is 33.5. The fourth-order valence-corrected chi connectivity index (χ4v) is 7.84. The summed E-state index contributed by atoms with van der Waals surface area (Å²) in [5.74, 6) is -1.25. The third-order valence-corrected chi connectivity index (χ3v) is 13.7. The molecule has 0 amide bonds. The lowest BCUT2D eigenvalue weighted by atomic mass is 10.2. The van der Waals surface area contributed by atoms with E-state index in [0.717, 1.165) is 28.2 Å². The van der Waals surface area contributed by atoms with Crippen molar-refractivity contribution in [3.05, 3.63) is 234 Å². The zero-order valence-corrected chi connectivity index (χ0v) is 57.5. The lowest BCUT2D eigenvalue weighted by Gasteiger charge is -2.26. The second kappa shape index (κ2) is 47.0. The maximum atomic E-state index is 11.7. The number of aliphatic hydroxyl groups excluding tert-OH is 6. The molecule has 0 aromatic heterocycles. The normalized spacial score (nSPS) is 11.3.